The maximum Gasteiger partial charge on any atom is 0.239 e. The molecule has 2 atom stereocenters. The van der Waals surface area contributed by atoms with E-state index in [0.717, 1.165) is 58.7 Å². The maximum atomic E-state index is 13.1. The van der Waals surface area contributed by atoms with Crippen molar-refractivity contribution < 1.29 is 9.53 Å². The lowest BCUT2D eigenvalue weighted by atomic mass is 9.99. The highest BCUT2D eigenvalue weighted by molar-refractivity contribution is 5.82. The van der Waals surface area contributed by atoms with Gasteiger partial charge in [0, 0.05) is 44.6 Å². The summed E-state index contributed by atoms with van der Waals surface area (Å²) in [6.07, 6.45) is 8.03. The number of hydrogen-bond acceptors (Lipinski definition) is 4. The summed E-state index contributed by atoms with van der Waals surface area (Å²) in [6, 6.07) is 4.11. The van der Waals surface area contributed by atoms with Gasteiger partial charge in [0.15, 0.2) is 0 Å². The molecule has 132 valence electrons. The number of likely N-dealkylation sites (tertiary alicyclic amines) is 1. The second kappa shape index (κ2) is 8.58. The van der Waals surface area contributed by atoms with E-state index in [1.165, 1.54) is 12.0 Å². The molecule has 3 rings (SSSR count). The third-order valence-electron chi connectivity index (χ3n) is 5.23. The van der Waals surface area contributed by atoms with Gasteiger partial charge in [-0.15, -0.1) is 0 Å². The van der Waals surface area contributed by atoms with Crippen molar-refractivity contribution in [1.82, 2.24) is 14.8 Å². The summed E-state index contributed by atoms with van der Waals surface area (Å²) in [5.41, 5.74) is 1.23. The first-order valence-electron chi connectivity index (χ1n) is 9.27. The van der Waals surface area contributed by atoms with Crippen LogP contribution in [-0.4, -0.2) is 59.6 Å². The minimum absolute atomic E-state index is 0.0224. The topological polar surface area (TPSA) is 45.7 Å². The van der Waals surface area contributed by atoms with E-state index in [4.69, 9.17) is 4.74 Å². The molecule has 1 aromatic heterocycles. The average molecular weight is 331 g/mol. The van der Waals surface area contributed by atoms with E-state index in [9.17, 15) is 4.79 Å². The van der Waals surface area contributed by atoms with Crippen molar-refractivity contribution in [3.63, 3.8) is 0 Å². The molecular weight excluding hydrogens is 302 g/mol. The number of amides is 1. The molecule has 0 bridgehead atoms. The maximum absolute atomic E-state index is 13.1. The van der Waals surface area contributed by atoms with Gasteiger partial charge in [-0.05, 0) is 50.4 Å². The fourth-order valence-corrected chi connectivity index (χ4v) is 3.81. The van der Waals surface area contributed by atoms with Gasteiger partial charge < -0.3 is 9.64 Å². The number of pyridine rings is 1. The number of likely N-dealkylation sites (N-methyl/N-ethyl adjacent to an activating group) is 1. The van der Waals surface area contributed by atoms with Crippen LogP contribution in [0.4, 0.5) is 0 Å². The van der Waals surface area contributed by atoms with Crippen LogP contribution in [0.25, 0.3) is 0 Å². The molecule has 0 radical (unpaired) electrons. The van der Waals surface area contributed by atoms with E-state index >= 15 is 0 Å². The molecule has 0 aliphatic carbocycles. The zero-order chi connectivity index (χ0) is 16.8. The summed E-state index contributed by atoms with van der Waals surface area (Å²) < 4.78 is 5.47. The number of ether oxygens (including phenoxy) is 1. The van der Waals surface area contributed by atoms with Crippen molar-refractivity contribution in [2.75, 3.05) is 32.8 Å². The minimum Gasteiger partial charge on any atom is -0.381 e. The molecule has 24 heavy (non-hydrogen) atoms. The lowest BCUT2D eigenvalue weighted by molar-refractivity contribution is -0.139. The van der Waals surface area contributed by atoms with Crippen LogP contribution in [0.15, 0.2) is 24.5 Å². The highest BCUT2D eigenvalue weighted by Crippen LogP contribution is 2.23. The Morgan fingerprint density at radius 1 is 1.33 bits per heavy atom. The number of hydrogen-bond donors (Lipinski definition) is 0. The van der Waals surface area contributed by atoms with Crippen LogP contribution in [0, 0.1) is 5.92 Å². The highest BCUT2D eigenvalue weighted by Gasteiger charge is 2.32. The number of rotatable bonds is 6. The summed E-state index contributed by atoms with van der Waals surface area (Å²) in [6.45, 7) is 7.20. The molecule has 5 heteroatoms. The molecule has 3 heterocycles. The predicted octanol–water partition coefficient (Wildman–Crippen LogP) is 2.32. The predicted molar refractivity (Wildman–Crippen MR) is 93.5 cm³/mol. The first kappa shape index (κ1) is 17.4. The first-order chi connectivity index (χ1) is 11.8. The van der Waals surface area contributed by atoms with Crippen molar-refractivity contribution in [1.29, 1.82) is 0 Å². The lowest BCUT2D eigenvalue weighted by Crippen LogP contribution is -2.51. The molecule has 2 aliphatic rings. The Labute approximate surface area is 145 Å². The number of carbonyl (C=O) groups is 1. The normalized spacial score (nSPS) is 24.9. The molecule has 0 aromatic carbocycles. The molecule has 0 N–H and O–H groups in total. The average Bonchev–Trinajstić information content (AvgIpc) is 3.14. The molecule has 2 aliphatic heterocycles. The largest absolute Gasteiger partial charge is 0.381 e. The van der Waals surface area contributed by atoms with Gasteiger partial charge in [-0.1, -0.05) is 6.42 Å². The molecule has 0 spiro atoms. The third-order valence-corrected chi connectivity index (χ3v) is 5.23. The summed E-state index contributed by atoms with van der Waals surface area (Å²) in [5.74, 6) is 0.810. The Balaban J connectivity index is 1.65. The number of carbonyl (C=O) groups excluding carboxylic acids is 1. The number of piperidine rings is 1. The molecule has 1 aromatic rings. The molecule has 2 saturated heterocycles. The Bertz CT molecular complexity index is 517. The van der Waals surface area contributed by atoms with Crippen LogP contribution >= 0.6 is 0 Å². The zero-order valence-corrected chi connectivity index (χ0v) is 14.7. The fraction of sp³-hybridized carbons (Fsp3) is 0.684. The van der Waals surface area contributed by atoms with Gasteiger partial charge in [0.1, 0.15) is 0 Å². The van der Waals surface area contributed by atoms with Crippen LogP contribution in [-0.2, 0) is 16.1 Å². The van der Waals surface area contributed by atoms with Crippen LogP contribution < -0.4 is 0 Å². The summed E-state index contributed by atoms with van der Waals surface area (Å²) >= 11 is 0. The first-order valence-corrected chi connectivity index (χ1v) is 9.27. The van der Waals surface area contributed by atoms with E-state index in [-0.39, 0.29) is 6.04 Å². The van der Waals surface area contributed by atoms with Gasteiger partial charge in [0.2, 0.25) is 5.91 Å². The zero-order valence-electron chi connectivity index (χ0n) is 14.7. The Morgan fingerprint density at radius 2 is 2.17 bits per heavy atom. The SMILES string of the molecule is CCN(C[C@@H]1CCOC1)C(=O)[C@@H]1CCCCN1Cc1ccncc1. The smallest absolute Gasteiger partial charge is 0.239 e. The van der Waals surface area contributed by atoms with Crippen molar-refractivity contribution in [2.24, 2.45) is 5.92 Å². The van der Waals surface area contributed by atoms with E-state index in [2.05, 4.69) is 21.7 Å². The monoisotopic (exact) mass is 331 g/mol. The van der Waals surface area contributed by atoms with Crippen molar-refractivity contribution in [2.45, 2.75) is 45.2 Å². The van der Waals surface area contributed by atoms with Crippen molar-refractivity contribution in [3.05, 3.63) is 30.1 Å². The summed E-state index contributed by atoms with van der Waals surface area (Å²) in [4.78, 5) is 21.6. The Kier molecular flexibility index (Phi) is 6.21. The quantitative estimate of drug-likeness (QED) is 0.802. The van der Waals surface area contributed by atoms with Gasteiger partial charge in [-0.2, -0.15) is 0 Å². The fourth-order valence-electron chi connectivity index (χ4n) is 3.81. The van der Waals surface area contributed by atoms with Crippen LogP contribution in [0.2, 0.25) is 0 Å². The van der Waals surface area contributed by atoms with Crippen LogP contribution in [0.3, 0.4) is 0 Å². The third kappa shape index (κ3) is 4.33. The highest BCUT2D eigenvalue weighted by atomic mass is 16.5. The van der Waals surface area contributed by atoms with Gasteiger partial charge in [-0.3, -0.25) is 14.7 Å². The molecule has 2 fully saturated rings. The molecular formula is C19H29N3O2. The van der Waals surface area contributed by atoms with E-state index in [1.54, 1.807) is 0 Å². The summed E-state index contributed by atoms with van der Waals surface area (Å²) in [7, 11) is 0. The molecule has 0 saturated carbocycles. The van der Waals surface area contributed by atoms with Crippen LogP contribution in [0.1, 0.15) is 38.2 Å². The van der Waals surface area contributed by atoms with Gasteiger partial charge in [0.25, 0.3) is 0 Å². The summed E-state index contributed by atoms with van der Waals surface area (Å²) in [5, 5.41) is 0. The second-order valence-corrected chi connectivity index (χ2v) is 6.94. The minimum atomic E-state index is 0.0224. The van der Waals surface area contributed by atoms with Crippen LogP contribution in [0.5, 0.6) is 0 Å². The van der Waals surface area contributed by atoms with Gasteiger partial charge >= 0.3 is 0 Å². The number of aromatic nitrogens is 1. The molecule has 0 unspecified atom stereocenters. The molecule has 5 nitrogen and oxygen atoms in total. The van der Waals surface area contributed by atoms with E-state index in [1.807, 2.05) is 24.5 Å². The van der Waals surface area contributed by atoms with E-state index < -0.39 is 0 Å². The van der Waals surface area contributed by atoms with Crippen molar-refractivity contribution in [3.8, 4) is 0 Å². The van der Waals surface area contributed by atoms with Gasteiger partial charge in [-0.25, -0.2) is 0 Å². The Morgan fingerprint density at radius 3 is 2.88 bits per heavy atom. The molecule has 1 amide bonds. The lowest BCUT2D eigenvalue weighted by Gasteiger charge is -2.38. The standard InChI is InChI=1S/C19H29N3O2/c1-2-21(14-17-8-12-24-15-17)19(23)18-5-3-4-11-22(18)13-16-6-9-20-10-7-16/h6-7,9-10,17-18H,2-5,8,11-15H2,1H3/t17-,18-/m0/s1. The van der Waals surface area contributed by atoms with E-state index in [0.29, 0.717) is 11.8 Å². The number of nitrogens with zero attached hydrogens (tertiary/aromatic N) is 3. The van der Waals surface area contributed by atoms with Crippen molar-refractivity contribution >= 4 is 5.91 Å². The second-order valence-electron chi connectivity index (χ2n) is 6.94. The van der Waals surface area contributed by atoms with Gasteiger partial charge in [0.05, 0.1) is 12.6 Å². The Hall–Kier alpha value is -1.46.